The lowest BCUT2D eigenvalue weighted by atomic mass is 10.0. The van der Waals surface area contributed by atoms with Crippen molar-refractivity contribution in [1.29, 1.82) is 0 Å². The Morgan fingerprint density at radius 2 is 1.57 bits per heavy atom. The van der Waals surface area contributed by atoms with E-state index in [4.69, 9.17) is 0 Å². The Labute approximate surface area is 176 Å². The standard InChI is InChI=1S/C23H27FN6/c24-21-13-7-6-12-20(21)22(23-25-26-27-30(23)19-10-4-5-11-19)29-16-14-28(15-17-29)18-8-2-1-3-9-18/h1-3,6-9,12-13,19,22H,4-5,10-11,14-17H2/t22-/m0/s1. The Morgan fingerprint density at radius 1 is 0.867 bits per heavy atom. The van der Waals surface area contributed by atoms with Gasteiger partial charge in [-0.25, -0.2) is 9.07 Å². The Kier molecular flexibility index (Phi) is 5.45. The van der Waals surface area contributed by atoms with E-state index in [1.165, 1.54) is 24.6 Å². The van der Waals surface area contributed by atoms with Crippen LogP contribution in [-0.2, 0) is 0 Å². The summed E-state index contributed by atoms with van der Waals surface area (Å²) >= 11 is 0. The minimum atomic E-state index is -0.278. The number of anilines is 1. The molecule has 1 saturated heterocycles. The highest BCUT2D eigenvalue weighted by molar-refractivity contribution is 5.46. The van der Waals surface area contributed by atoms with E-state index < -0.39 is 0 Å². The summed E-state index contributed by atoms with van der Waals surface area (Å²) in [5.41, 5.74) is 1.88. The highest BCUT2D eigenvalue weighted by Crippen LogP contribution is 2.35. The predicted octanol–water partition coefficient (Wildman–Crippen LogP) is 3.84. The van der Waals surface area contributed by atoms with Gasteiger partial charge in [0.2, 0.25) is 0 Å². The van der Waals surface area contributed by atoms with Gasteiger partial charge in [0.15, 0.2) is 5.82 Å². The zero-order chi connectivity index (χ0) is 20.3. The van der Waals surface area contributed by atoms with Crippen LogP contribution < -0.4 is 4.90 Å². The van der Waals surface area contributed by atoms with Gasteiger partial charge in [-0.1, -0.05) is 49.2 Å². The van der Waals surface area contributed by atoms with Gasteiger partial charge >= 0.3 is 0 Å². The number of tetrazole rings is 1. The van der Waals surface area contributed by atoms with Crippen LogP contribution in [0.1, 0.15) is 49.2 Å². The van der Waals surface area contributed by atoms with E-state index in [9.17, 15) is 4.39 Å². The average molecular weight is 407 g/mol. The quantitative estimate of drug-likeness (QED) is 0.644. The van der Waals surface area contributed by atoms with Crippen LogP contribution in [0.4, 0.5) is 10.1 Å². The van der Waals surface area contributed by atoms with Crippen molar-refractivity contribution in [2.24, 2.45) is 0 Å². The lowest BCUT2D eigenvalue weighted by Gasteiger charge is -2.40. The van der Waals surface area contributed by atoms with Gasteiger partial charge in [0.25, 0.3) is 0 Å². The molecule has 1 aliphatic carbocycles. The number of hydrogen-bond acceptors (Lipinski definition) is 5. The smallest absolute Gasteiger partial charge is 0.173 e. The highest BCUT2D eigenvalue weighted by Gasteiger charge is 2.34. The first kappa shape index (κ1) is 19.2. The number of rotatable bonds is 5. The number of hydrogen-bond donors (Lipinski definition) is 0. The number of piperazine rings is 1. The van der Waals surface area contributed by atoms with E-state index in [0.717, 1.165) is 44.8 Å². The lowest BCUT2D eigenvalue weighted by molar-refractivity contribution is 0.194. The van der Waals surface area contributed by atoms with Crippen LogP contribution in [0.5, 0.6) is 0 Å². The second kappa shape index (κ2) is 8.52. The van der Waals surface area contributed by atoms with Crippen molar-refractivity contribution in [3.05, 3.63) is 71.8 Å². The van der Waals surface area contributed by atoms with E-state index in [0.29, 0.717) is 11.6 Å². The molecule has 0 unspecified atom stereocenters. The summed E-state index contributed by atoms with van der Waals surface area (Å²) in [5, 5.41) is 12.7. The molecule has 2 heterocycles. The molecule has 1 aromatic heterocycles. The molecule has 2 aliphatic rings. The van der Waals surface area contributed by atoms with Gasteiger partial charge in [0, 0.05) is 37.4 Å². The van der Waals surface area contributed by atoms with Crippen LogP contribution in [0.2, 0.25) is 0 Å². The van der Waals surface area contributed by atoms with Gasteiger partial charge in [0.1, 0.15) is 11.9 Å². The largest absolute Gasteiger partial charge is 0.369 e. The van der Waals surface area contributed by atoms with Crippen LogP contribution in [0.3, 0.4) is 0 Å². The van der Waals surface area contributed by atoms with Gasteiger partial charge in [-0.3, -0.25) is 4.90 Å². The number of halogens is 1. The second-order valence-corrected chi connectivity index (χ2v) is 8.20. The monoisotopic (exact) mass is 406 g/mol. The first-order valence-electron chi connectivity index (χ1n) is 10.9. The zero-order valence-corrected chi connectivity index (χ0v) is 17.1. The molecule has 3 aromatic rings. The number of benzene rings is 2. The molecular weight excluding hydrogens is 379 g/mol. The second-order valence-electron chi connectivity index (χ2n) is 8.20. The van der Waals surface area contributed by atoms with Crippen molar-refractivity contribution in [3.8, 4) is 0 Å². The highest BCUT2D eigenvalue weighted by atomic mass is 19.1. The summed E-state index contributed by atoms with van der Waals surface area (Å²) in [5.74, 6) is 0.564. The summed E-state index contributed by atoms with van der Waals surface area (Å²) in [6.07, 6.45) is 4.57. The van der Waals surface area contributed by atoms with E-state index in [1.54, 1.807) is 6.07 Å². The first-order valence-corrected chi connectivity index (χ1v) is 10.9. The Balaban J connectivity index is 1.45. The van der Waals surface area contributed by atoms with Crippen LogP contribution >= 0.6 is 0 Å². The summed E-state index contributed by atoms with van der Waals surface area (Å²) < 4.78 is 16.9. The van der Waals surface area contributed by atoms with Crippen LogP contribution in [0, 0.1) is 5.82 Å². The van der Waals surface area contributed by atoms with E-state index in [1.807, 2.05) is 22.9 Å². The fourth-order valence-electron chi connectivity index (χ4n) is 4.86. The van der Waals surface area contributed by atoms with E-state index in [2.05, 4.69) is 49.6 Å². The van der Waals surface area contributed by atoms with Crippen LogP contribution in [0.25, 0.3) is 0 Å². The SMILES string of the molecule is Fc1ccccc1[C@@H](c1nnnn1C1CCCC1)N1CCN(c2ccccc2)CC1. The van der Waals surface area contributed by atoms with E-state index >= 15 is 0 Å². The molecule has 0 spiro atoms. The molecule has 6 nitrogen and oxygen atoms in total. The third kappa shape index (κ3) is 3.69. The molecule has 2 aromatic carbocycles. The van der Waals surface area contributed by atoms with Crippen molar-refractivity contribution >= 4 is 5.69 Å². The summed E-state index contributed by atoms with van der Waals surface area (Å²) in [7, 11) is 0. The van der Waals surface area contributed by atoms with Crippen molar-refractivity contribution in [1.82, 2.24) is 25.1 Å². The maximum Gasteiger partial charge on any atom is 0.173 e. The minimum Gasteiger partial charge on any atom is -0.369 e. The van der Waals surface area contributed by atoms with Gasteiger partial charge in [-0.05, 0) is 41.5 Å². The number of nitrogens with zero attached hydrogens (tertiary/aromatic N) is 6. The molecule has 1 aliphatic heterocycles. The maximum absolute atomic E-state index is 14.9. The molecule has 30 heavy (non-hydrogen) atoms. The van der Waals surface area contributed by atoms with Crippen LogP contribution in [-0.4, -0.2) is 51.3 Å². The molecule has 0 bridgehead atoms. The molecule has 0 N–H and O–H groups in total. The molecule has 0 radical (unpaired) electrons. The van der Waals surface area contributed by atoms with Gasteiger partial charge < -0.3 is 4.90 Å². The third-order valence-corrected chi connectivity index (χ3v) is 6.43. The minimum absolute atomic E-state index is 0.200. The normalized spacial score (nSPS) is 19.3. The Hall–Kier alpha value is -2.80. The number of aromatic nitrogens is 4. The first-order chi connectivity index (χ1) is 14.8. The Morgan fingerprint density at radius 3 is 2.30 bits per heavy atom. The molecule has 2 fully saturated rings. The molecule has 7 heteroatoms. The summed E-state index contributed by atoms with van der Waals surface area (Å²) in [6, 6.07) is 17.5. The van der Waals surface area contributed by atoms with E-state index in [-0.39, 0.29) is 11.9 Å². The molecular formula is C23H27FN6. The Bertz CT molecular complexity index is 961. The maximum atomic E-state index is 14.9. The van der Waals surface area contributed by atoms with Crippen molar-refractivity contribution in [2.45, 2.75) is 37.8 Å². The average Bonchev–Trinajstić information content (AvgIpc) is 3.48. The van der Waals surface area contributed by atoms with Crippen LogP contribution in [0.15, 0.2) is 54.6 Å². The fraction of sp³-hybridized carbons (Fsp3) is 0.435. The van der Waals surface area contributed by atoms with Gasteiger partial charge in [0.05, 0.1) is 6.04 Å². The van der Waals surface area contributed by atoms with Crippen molar-refractivity contribution < 1.29 is 4.39 Å². The molecule has 1 atom stereocenters. The molecule has 1 saturated carbocycles. The number of para-hydroxylation sites is 1. The molecule has 0 amide bonds. The fourth-order valence-corrected chi connectivity index (χ4v) is 4.86. The topological polar surface area (TPSA) is 50.1 Å². The molecule has 156 valence electrons. The lowest BCUT2D eigenvalue weighted by Crippen LogP contribution is -2.48. The third-order valence-electron chi connectivity index (χ3n) is 6.43. The summed E-state index contributed by atoms with van der Waals surface area (Å²) in [6.45, 7) is 3.43. The van der Waals surface area contributed by atoms with Crippen molar-refractivity contribution in [3.63, 3.8) is 0 Å². The van der Waals surface area contributed by atoms with Gasteiger partial charge in [-0.2, -0.15) is 0 Å². The van der Waals surface area contributed by atoms with Crippen molar-refractivity contribution in [2.75, 3.05) is 31.1 Å². The predicted molar refractivity (Wildman–Crippen MR) is 114 cm³/mol. The summed E-state index contributed by atoms with van der Waals surface area (Å²) in [4.78, 5) is 4.71. The molecule has 5 rings (SSSR count). The zero-order valence-electron chi connectivity index (χ0n) is 17.1. The van der Waals surface area contributed by atoms with Gasteiger partial charge in [-0.15, -0.1) is 5.10 Å².